The lowest BCUT2D eigenvalue weighted by Gasteiger charge is -2.02. The molecule has 4 N–H and O–H groups in total. The Bertz CT molecular complexity index is 436. The van der Waals surface area contributed by atoms with E-state index in [0.717, 1.165) is 0 Å². The van der Waals surface area contributed by atoms with Crippen LogP contribution in [0.4, 0.5) is 5.69 Å². The highest BCUT2D eigenvalue weighted by atomic mass is 16.4. The van der Waals surface area contributed by atoms with Crippen molar-refractivity contribution in [3.63, 3.8) is 0 Å². The molecule has 1 aromatic rings. The van der Waals surface area contributed by atoms with Crippen molar-refractivity contribution in [2.45, 2.75) is 6.42 Å². The Morgan fingerprint density at radius 3 is 2.81 bits per heavy atom. The zero-order valence-corrected chi connectivity index (χ0v) is 8.34. The van der Waals surface area contributed by atoms with Gasteiger partial charge in [-0.2, -0.15) is 0 Å². The number of carboxylic acid groups (broad SMARTS) is 1. The van der Waals surface area contributed by atoms with E-state index in [2.05, 4.69) is 17.3 Å². The maximum Gasteiger partial charge on any atom is 0.488 e. The number of nitrogens with one attached hydrogen (secondary N) is 1. The molecule has 0 atom stereocenters. The summed E-state index contributed by atoms with van der Waals surface area (Å²) in [7, 11) is -1.53. The highest BCUT2D eigenvalue weighted by Gasteiger charge is 2.09. The molecular weight excluding hydrogens is 209 g/mol. The zero-order valence-electron chi connectivity index (χ0n) is 8.34. The van der Waals surface area contributed by atoms with Crippen LogP contribution in [0.3, 0.4) is 0 Å². The first-order valence-corrected chi connectivity index (χ1v) is 4.51. The molecule has 82 valence electrons. The van der Waals surface area contributed by atoms with Crippen molar-refractivity contribution in [1.82, 2.24) is 0 Å². The summed E-state index contributed by atoms with van der Waals surface area (Å²) in [5.41, 5.74) is 0.911. The second kappa shape index (κ2) is 5.80. The van der Waals surface area contributed by atoms with Gasteiger partial charge in [-0.15, -0.1) is 0 Å². The molecule has 0 heterocycles. The first kappa shape index (κ1) is 12.1. The van der Waals surface area contributed by atoms with Crippen LogP contribution >= 0.6 is 0 Å². The smallest absolute Gasteiger partial charge is 0.481 e. The summed E-state index contributed by atoms with van der Waals surface area (Å²) in [5, 5.41) is 28.8. The molecule has 6 heteroatoms. The Morgan fingerprint density at radius 1 is 1.44 bits per heavy atom. The molecule has 0 spiro atoms. The highest BCUT2D eigenvalue weighted by Crippen LogP contribution is 2.02. The third-order valence-electron chi connectivity index (χ3n) is 1.72. The Morgan fingerprint density at radius 2 is 2.19 bits per heavy atom. The van der Waals surface area contributed by atoms with E-state index in [0.29, 0.717) is 11.2 Å². The van der Waals surface area contributed by atoms with E-state index in [1.807, 2.05) is 0 Å². The number of hydrogen-bond acceptors (Lipinski definition) is 4. The molecule has 0 unspecified atom stereocenters. The predicted molar refractivity (Wildman–Crippen MR) is 59.9 cm³/mol. The molecule has 0 fully saturated rings. The summed E-state index contributed by atoms with van der Waals surface area (Å²) in [6.45, 7) is 0. The minimum Gasteiger partial charge on any atom is -0.481 e. The van der Waals surface area contributed by atoms with Crippen molar-refractivity contribution in [1.29, 1.82) is 0 Å². The molecule has 0 bridgehead atoms. The van der Waals surface area contributed by atoms with E-state index >= 15 is 0 Å². The van der Waals surface area contributed by atoms with E-state index in [9.17, 15) is 4.79 Å². The Hall–Kier alpha value is -1.97. The van der Waals surface area contributed by atoms with Crippen LogP contribution in [-0.2, 0) is 4.79 Å². The first-order chi connectivity index (χ1) is 7.59. The standard InChI is InChI=1S/C10H10BNO4/c13-10(14)5-2-6-12-9-4-1-3-8(7-9)11(15)16/h1,3-4,7,12,15-16H,5H2,(H,13,14). The van der Waals surface area contributed by atoms with Crippen molar-refractivity contribution < 1.29 is 19.9 Å². The number of anilines is 1. The van der Waals surface area contributed by atoms with Gasteiger partial charge in [-0.05, 0) is 17.6 Å². The fourth-order valence-electron chi connectivity index (χ4n) is 1.01. The lowest BCUT2D eigenvalue weighted by Crippen LogP contribution is -2.29. The van der Waals surface area contributed by atoms with Crippen molar-refractivity contribution in [3.05, 3.63) is 24.3 Å². The normalized spacial score (nSPS) is 8.88. The molecule has 1 aromatic carbocycles. The van der Waals surface area contributed by atoms with Crippen molar-refractivity contribution in [2.24, 2.45) is 0 Å². The highest BCUT2D eigenvalue weighted by molar-refractivity contribution is 6.58. The molecule has 1 rings (SSSR count). The van der Waals surface area contributed by atoms with Crippen molar-refractivity contribution in [2.75, 3.05) is 5.32 Å². The van der Waals surface area contributed by atoms with Gasteiger partial charge < -0.3 is 20.5 Å². The summed E-state index contributed by atoms with van der Waals surface area (Å²) in [4.78, 5) is 10.2. The maximum atomic E-state index is 10.2. The van der Waals surface area contributed by atoms with Gasteiger partial charge in [0.05, 0.1) is 0 Å². The third-order valence-corrected chi connectivity index (χ3v) is 1.72. The molecule has 0 saturated heterocycles. The number of carbonyl (C=O) groups is 1. The minimum absolute atomic E-state index is 0.241. The van der Waals surface area contributed by atoms with Gasteiger partial charge >= 0.3 is 13.1 Å². The monoisotopic (exact) mass is 219 g/mol. The molecular formula is C10H10BNO4. The second-order valence-corrected chi connectivity index (χ2v) is 3.00. The number of carboxylic acids is 1. The van der Waals surface area contributed by atoms with Gasteiger partial charge in [0, 0.05) is 11.7 Å². The number of benzene rings is 1. The van der Waals surface area contributed by atoms with Crippen LogP contribution < -0.4 is 10.8 Å². The summed E-state index contributed by atoms with van der Waals surface area (Å²) in [5.74, 6) is 1.40. The fourth-order valence-corrected chi connectivity index (χ4v) is 1.01. The summed E-state index contributed by atoms with van der Waals surface area (Å²) < 4.78 is 0. The van der Waals surface area contributed by atoms with Crippen LogP contribution in [-0.4, -0.2) is 28.2 Å². The molecule has 5 nitrogen and oxygen atoms in total. The van der Waals surface area contributed by atoms with E-state index in [-0.39, 0.29) is 6.42 Å². The van der Waals surface area contributed by atoms with Gasteiger partial charge in [0.1, 0.15) is 6.42 Å². The van der Waals surface area contributed by atoms with E-state index in [4.69, 9.17) is 15.2 Å². The average molecular weight is 219 g/mol. The predicted octanol–water partition coefficient (Wildman–Crippen LogP) is -0.786. The molecule has 0 amide bonds. The van der Waals surface area contributed by atoms with Crippen LogP contribution in [0.25, 0.3) is 0 Å². The van der Waals surface area contributed by atoms with Crippen molar-refractivity contribution >= 4 is 24.2 Å². The van der Waals surface area contributed by atoms with E-state index < -0.39 is 13.1 Å². The largest absolute Gasteiger partial charge is 0.488 e. The number of hydrogen-bond donors (Lipinski definition) is 4. The van der Waals surface area contributed by atoms with E-state index in [1.54, 1.807) is 18.2 Å². The first-order valence-electron chi connectivity index (χ1n) is 4.51. The van der Waals surface area contributed by atoms with Gasteiger partial charge in [-0.3, -0.25) is 4.79 Å². The van der Waals surface area contributed by atoms with E-state index in [1.165, 1.54) is 6.07 Å². The molecule has 0 radical (unpaired) electrons. The van der Waals surface area contributed by atoms with Gasteiger partial charge in [-0.1, -0.05) is 18.1 Å². The molecule has 0 aliphatic heterocycles. The lowest BCUT2D eigenvalue weighted by molar-refractivity contribution is -0.135. The summed E-state index contributed by atoms with van der Waals surface area (Å²) in [6.07, 6.45) is -0.241. The van der Waals surface area contributed by atoms with Gasteiger partial charge in [0.25, 0.3) is 0 Å². The Labute approximate surface area is 92.9 Å². The Balaban J connectivity index is 2.62. The molecule has 0 aromatic heterocycles. The minimum atomic E-state index is -1.53. The number of rotatable bonds is 3. The maximum absolute atomic E-state index is 10.2. The van der Waals surface area contributed by atoms with Gasteiger partial charge in [-0.25, -0.2) is 0 Å². The van der Waals surface area contributed by atoms with Gasteiger partial charge in [0.15, 0.2) is 0 Å². The topological polar surface area (TPSA) is 89.8 Å². The lowest BCUT2D eigenvalue weighted by atomic mass is 9.80. The van der Waals surface area contributed by atoms with Crippen LogP contribution in [0, 0.1) is 12.0 Å². The molecule has 0 aliphatic rings. The summed E-state index contributed by atoms with van der Waals surface area (Å²) >= 11 is 0. The second-order valence-electron chi connectivity index (χ2n) is 3.00. The van der Waals surface area contributed by atoms with Crippen LogP contribution in [0.15, 0.2) is 24.3 Å². The van der Waals surface area contributed by atoms with Crippen LogP contribution in [0.2, 0.25) is 0 Å². The summed E-state index contributed by atoms with van der Waals surface area (Å²) in [6, 6.07) is 8.84. The molecule has 0 aliphatic carbocycles. The van der Waals surface area contributed by atoms with Crippen molar-refractivity contribution in [3.8, 4) is 12.0 Å². The molecule has 0 saturated carbocycles. The Kier molecular flexibility index (Phi) is 4.39. The SMILES string of the molecule is O=C(O)CC#CNc1cccc(B(O)O)c1. The average Bonchev–Trinajstić information content (AvgIpc) is 2.24. The van der Waals surface area contributed by atoms with Crippen LogP contribution in [0.5, 0.6) is 0 Å². The van der Waals surface area contributed by atoms with Crippen LogP contribution in [0.1, 0.15) is 6.42 Å². The third kappa shape index (κ3) is 4.04. The quantitative estimate of drug-likeness (QED) is 0.304. The number of aliphatic carboxylic acids is 1. The van der Waals surface area contributed by atoms with Gasteiger partial charge in [0.2, 0.25) is 0 Å². The fraction of sp³-hybridized carbons (Fsp3) is 0.100. The molecule has 16 heavy (non-hydrogen) atoms. The zero-order chi connectivity index (χ0) is 12.0.